The lowest BCUT2D eigenvalue weighted by atomic mass is 9.95. The van der Waals surface area contributed by atoms with E-state index in [-0.39, 0.29) is 35.2 Å². The lowest BCUT2D eigenvalue weighted by Gasteiger charge is -2.36. The maximum absolute atomic E-state index is 13.2. The Morgan fingerprint density at radius 2 is 1.63 bits per heavy atom. The van der Waals surface area contributed by atoms with E-state index in [2.05, 4.69) is 4.98 Å². The van der Waals surface area contributed by atoms with Gasteiger partial charge in [-0.25, -0.2) is 4.98 Å². The van der Waals surface area contributed by atoms with E-state index in [0.717, 1.165) is 24.4 Å². The highest BCUT2D eigenvalue weighted by Gasteiger charge is 2.39. The first-order valence-corrected chi connectivity index (χ1v) is 13.0. The molecular weight excluding hydrogens is 586 g/mol. The molecule has 1 saturated carbocycles. The van der Waals surface area contributed by atoms with E-state index in [1.165, 1.54) is 0 Å². The van der Waals surface area contributed by atoms with Gasteiger partial charge in [-0.1, -0.05) is 11.6 Å². The number of nitro groups is 1. The van der Waals surface area contributed by atoms with E-state index in [4.69, 9.17) is 21.1 Å². The predicted octanol–water partition coefficient (Wildman–Crippen LogP) is 5.74. The highest BCUT2D eigenvalue weighted by molar-refractivity contribution is 6.33. The van der Waals surface area contributed by atoms with Gasteiger partial charge in [0.2, 0.25) is 5.91 Å². The number of benzene rings is 1. The summed E-state index contributed by atoms with van der Waals surface area (Å²) in [7, 11) is 0. The lowest BCUT2D eigenvalue weighted by Crippen LogP contribution is -2.50. The van der Waals surface area contributed by atoms with Gasteiger partial charge in [-0.15, -0.1) is 0 Å². The summed E-state index contributed by atoms with van der Waals surface area (Å²) in [5.41, 5.74) is -3.37. The van der Waals surface area contributed by atoms with Crippen molar-refractivity contribution in [2.75, 3.05) is 37.7 Å². The monoisotopic (exact) mass is 610 g/mol. The van der Waals surface area contributed by atoms with Crippen LogP contribution >= 0.6 is 11.6 Å². The van der Waals surface area contributed by atoms with Crippen molar-refractivity contribution in [3.63, 3.8) is 0 Å². The summed E-state index contributed by atoms with van der Waals surface area (Å²) in [6.45, 7) is 1.08. The van der Waals surface area contributed by atoms with Crippen LogP contribution < -0.4 is 9.64 Å². The zero-order valence-electron chi connectivity index (χ0n) is 21.4. The fourth-order valence-electron chi connectivity index (χ4n) is 4.75. The van der Waals surface area contributed by atoms with Crippen LogP contribution in [-0.4, -0.2) is 65.7 Å². The number of rotatable bonds is 7. The van der Waals surface area contributed by atoms with Gasteiger partial charge in [0.15, 0.2) is 0 Å². The molecule has 0 N–H and O–H groups in total. The second kappa shape index (κ2) is 12.3. The van der Waals surface area contributed by atoms with Gasteiger partial charge in [0.1, 0.15) is 23.7 Å². The number of nitrogens with zero attached hydrogens (tertiary/aromatic N) is 4. The molecule has 2 fully saturated rings. The quantitative estimate of drug-likeness (QED) is 0.224. The third kappa shape index (κ3) is 7.70. The molecule has 1 saturated heterocycles. The molecule has 1 aromatic heterocycles. The molecule has 0 bridgehead atoms. The molecule has 0 radical (unpaired) electrons. The van der Waals surface area contributed by atoms with Gasteiger partial charge in [0.05, 0.1) is 27.7 Å². The number of ether oxygens (including phenoxy) is 2. The Labute approximate surface area is 235 Å². The van der Waals surface area contributed by atoms with Crippen molar-refractivity contribution in [3.8, 4) is 5.75 Å². The molecule has 0 unspecified atom stereocenters. The van der Waals surface area contributed by atoms with E-state index >= 15 is 0 Å². The number of alkyl halides is 6. The molecule has 1 amide bonds. The van der Waals surface area contributed by atoms with Crippen molar-refractivity contribution >= 4 is 29.0 Å². The largest absolute Gasteiger partial charge is 0.490 e. The molecule has 1 aromatic carbocycles. The Morgan fingerprint density at radius 3 is 2.20 bits per heavy atom. The van der Waals surface area contributed by atoms with Crippen LogP contribution in [0.25, 0.3) is 0 Å². The van der Waals surface area contributed by atoms with E-state index in [9.17, 15) is 41.3 Å². The third-order valence-electron chi connectivity index (χ3n) is 6.92. The molecule has 2 heterocycles. The van der Waals surface area contributed by atoms with Crippen LogP contribution in [0.15, 0.2) is 30.5 Å². The second-order valence-electron chi connectivity index (χ2n) is 9.66. The maximum atomic E-state index is 13.2. The molecule has 2 aromatic rings. The number of aromatic nitrogens is 1. The zero-order chi connectivity index (χ0) is 29.9. The number of nitro benzene ring substituents is 1. The number of piperazine rings is 1. The van der Waals surface area contributed by atoms with E-state index in [1.807, 2.05) is 0 Å². The van der Waals surface area contributed by atoms with Crippen molar-refractivity contribution in [1.82, 2.24) is 9.88 Å². The highest BCUT2D eigenvalue weighted by atomic mass is 35.5. The van der Waals surface area contributed by atoms with Crippen molar-refractivity contribution in [1.29, 1.82) is 0 Å². The first-order valence-electron chi connectivity index (χ1n) is 12.6. The average Bonchev–Trinajstić information content (AvgIpc) is 2.91. The SMILES string of the molecule is O=C(CO[C@H]1CC[C@H](Oc2ccc([N+](=O)[O-])c(C(F)(F)F)c2)CC1)N1CCN(c2ncc(C(F)(F)F)cc2Cl)CC1. The lowest BCUT2D eigenvalue weighted by molar-refractivity contribution is -0.388. The first-order chi connectivity index (χ1) is 19.2. The molecule has 1 aliphatic heterocycles. The van der Waals surface area contributed by atoms with Crippen LogP contribution in [-0.2, 0) is 21.9 Å². The summed E-state index contributed by atoms with van der Waals surface area (Å²) < 4.78 is 89.6. The van der Waals surface area contributed by atoms with Crippen molar-refractivity contribution in [3.05, 3.63) is 56.7 Å². The molecule has 41 heavy (non-hydrogen) atoms. The normalized spacial score (nSPS) is 20.2. The molecule has 9 nitrogen and oxygen atoms in total. The van der Waals surface area contributed by atoms with Gasteiger partial charge in [-0.2, -0.15) is 26.3 Å². The average molecular weight is 611 g/mol. The number of hydrogen-bond acceptors (Lipinski definition) is 7. The number of amides is 1. The Hall–Kier alpha value is -3.33. The van der Waals surface area contributed by atoms with Crippen LogP contribution in [0.4, 0.5) is 37.8 Å². The van der Waals surface area contributed by atoms with Gasteiger partial charge in [-0.3, -0.25) is 14.9 Å². The van der Waals surface area contributed by atoms with E-state index in [1.54, 1.807) is 9.80 Å². The van der Waals surface area contributed by atoms with Gasteiger partial charge in [-0.05, 0) is 43.9 Å². The highest BCUT2D eigenvalue weighted by Crippen LogP contribution is 2.39. The van der Waals surface area contributed by atoms with Crippen molar-refractivity contribution < 1.29 is 45.5 Å². The third-order valence-corrected chi connectivity index (χ3v) is 7.20. The number of carbonyl (C=O) groups is 1. The number of carbonyl (C=O) groups excluding carboxylic acids is 1. The fourth-order valence-corrected chi connectivity index (χ4v) is 5.04. The van der Waals surface area contributed by atoms with Crippen molar-refractivity contribution in [2.24, 2.45) is 0 Å². The number of pyridine rings is 1. The zero-order valence-corrected chi connectivity index (χ0v) is 22.1. The minimum Gasteiger partial charge on any atom is -0.490 e. The molecule has 2 aliphatic rings. The molecule has 0 spiro atoms. The van der Waals surface area contributed by atoms with Crippen LogP contribution in [0.2, 0.25) is 5.02 Å². The Balaban J connectivity index is 1.21. The Bertz CT molecular complexity index is 1260. The summed E-state index contributed by atoms with van der Waals surface area (Å²) in [4.78, 5) is 29.6. The standard InChI is InChI=1S/C25H25ClF6N4O5/c26-20-11-15(24(27,28)29)13-33-23(20)35-9-7-34(8-10-35)22(37)14-40-16-1-3-17(4-2-16)41-18-5-6-21(36(38)39)19(12-18)25(30,31)32/h5-6,11-13,16-17H,1-4,7-10,14H2/t16-,17-. The maximum Gasteiger partial charge on any atom is 0.423 e. The summed E-state index contributed by atoms with van der Waals surface area (Å²) in [6, 6.07) is 3.35. The first kappa shape index (κ1) is 30.6. The number of anilines is 1. The molecule has 16 heteroatoms. The van der Waals surface area contributed by atoms with Gasteiger partial charge in [0.25, 0.3) is 5.69 Å². The summed E-state index contributed by atoms with van der Waals surface area (Å²) in [5.74, 6) is -0.153. The summed E-state index contributed by atoms with van der Waals surface area (Å²) >= 11 is 6.02. The second-order valence-corrected chi connectivity index (χ2v) is 10.1. The summed E-state index contributed by atoms with van der Waals surface area (Å²) in [6.07, 6.45) is -7.49. The summed E-state index contributed by atoms with van der Waals surface area (Å²) in [5, 5.41) is 10.8. The molecule has 1 aliphatic carbocycles. The smallest absolute Gasteiger partial charge is 0.423 e. The molecule has 0 atom stereocenters. The number of halogens is 7. The van der Waals surface area contributed by atoms with E-state index < -0.39 is 40.2 Å². The van der Waals surface area contributed by atoms with Crippen molar-refractivity contribution in [2.45, 2.75) is 50.2 Å². The van der Waals surface area contributed by atoms with Gasteiger partial charge >= 0.3 is 12.4 Å². The molecular formula is C25H25ClF6N4O5. The minimum atomic E-state index is -4.90. The Morgan fingerprint density at radius 1 is 1.00 bits per heavy atom. The molecule has 4 rings (SSSR count). The van der Waals surface area contributed by atoms with Crippen LogP contribution in [0.3, 0.4) is 0 Å². The number of hydrogen-bond donors (Lipinski definition) is 0. The topological polar surface area (TPSA) is 98.0 Å². The fraction of sp³-hybridized carbons (Fsp3) is 0.520. The van der Waals surface area contributed by atoms with Crippen LogP contribution in [0.5, 0.6) is 5.75 Å². The predicted molar refractivity (Wildman–Crippen MR) is 134 cm³/mol. The van der Waals surface area contributed by atoms with Gasteiger partial charge in [0, 0.05) is 38.4 Å². The minimum absolute atomic E-state index is 0.116. The van der Waals surface area contributed by atoms with E-state index in [0.29, 0.717) is 57.9 Å². The van der Waals surface area contributed by atoms with Gasteiger partial charge < -0.3 is 19.3 Å². The van der Waals surface area contributed by atoms with Crippen LogP contribution in [0, 0.1) is 10.1 Å². The van der Waals surface area contributed by atoms with Crippen LogP contribution in [0.1, 0.15) is 36.8 Å². The Kier molecular flexibility index (Phi) is 9.16. The molecule has 224 valence electrons.